The highest BCUT2D eigenvalue weighted by atomic mass is 19.4. The number of aromatic hydroxyl groups is 1. The molecule has 3 aromatic rings. The van der Waals surface area contributed by atoms with E-state index in [1.807, 2.05) is 24.3 Å². The third-order valence-electron chi connectivity index (χ3n) is 6.39. The van der Waals surface area contributed by atoms with E-state index in [4.69, 9.17) is 0 Å². The number of para-hydroxylation sites is 1. The van der Waals surface area contributed by atoms with Crippen LogP contribution in [0.3, 0.4) is 0 Å². The molecule has 4 nitrogen and oxygen atoms in total. The van der Waals surface area contributed by atoms with E-state index in [1.165, 1.54) is 18.6 Å². The van der Waals surface area contributed by atoms with Crippen molar-refractivity contribution >= 4 is 16.6 Å². The fourth-order valence-electron chi connectivity index (χ4n) is 4.69. The number of halogens is 3. The van der Waals surface area contributed by atoms with E-state index in [0.717, 1.165) is 73.8 Å². The molecule has 33 heavy (non-hydrogen) atoms. The number of hydrogen-bond acceptors (Lipinski definition) is 4. The van der Waals surface area contributed by atoms with Gasteiger partial charge < -0.3 is 14.7 Å². The van der Waals surface area contributed by atoms with Gasteiger partial charge in [0, 0.05) is 18.5 Å². The summed E-state index contributed by atoms with van der Waals surface area (Å²) in [6.07, 6.45) is 4.45. The molecule has 0 amide bonds. The van der Waals surface area contributed by atoms with Gasteiger partial charge in [-0.2, -0.15) is 0 Å². The maximum atomic E-state index is 12.2. The monoisotopic (exact) mass is 458 g/mol. The van der Waals surface area contributed by atoms with Gasteiger partial charge in [0.25, 0.3) is 0 Å². The summed E-state index contributed by atoms with van der Waals surface area (Å²) in [6, 6.07) is 14.1. The number of piperidine rings is 1. The summed E-state index contributed by atoms with van der Waals surface area (Å²) in [5.74, 6) is 0.756. The number of nitrogens with zero attached hydrogens (tertiary/aromatic N) is 2. The van der Waals surface area contributed by atoms with E-state index < -0.39 is 6.36 Å². The molecule has 0 saturated carbocycles. The van der Waals surface area contributed by atoms with E-state index in [9.17, 15) is 18.3 Å². The van der Waals surface area contributed by atoms with Crippen LogP contribution in [0.4, 0.5) is 18.9 Å². The second kappa shape index (κ2) is 10.3. The van der Waals surface area contributed by atoms with Gasteiger partial charge in [-0.3, -0.25) is 4.98 Å². The summed E-state index contributed by atoms with van der Waals surface area (Å²) in [6.45, 7) is 1.86. The van der Waals surface area contributed by atoms with Gasteiger partial charge in [0.15, 0.2) is 5.75 Å². The summed E-state index contributed by atoms with van der Waals surface area (Å²) in [5.41, 5.74) is 2.82. The lowest BCUT2D eigenvalue weighted by Gasteiger charge is -2.34. The molecule has 0 bridgehead atoms. The number of alkyl halides is 3. The fourth-order valence-corrected chi connectivity index (χ4v) is 4.69. The Bertz CT molecular complexity index is 1050. The first-order valence-corrected chi connectivity index (χ1v) is 11.6. The van der Waals surface area contributed by atoms with Crippen LogP contribution in [0.2, 0.25) is 0 Å². The Morgan fingerprint density at radius 1 is 0.970 bits per heavy atom. The van der Waals surface area contributed by atoms with Crippen LogP contribution in [0.15, 0.2) is 54.7 Å². The largest absolute Gasteiger partial charge is 0.573 e. The minimum Gasteiger partial charge on any atom is -0.504 e. The van der Waals surface area contributed by atoms with Gasteiger partial charge in [0.05, 0.1) is 17.4 Å². The lowest BCUT2D eigenvalue weighted by atomic mass is 9.90. The lowest BCUT2D eigenvalue weighted by Crippen LogP contribution is -2.33. The van der Waals surface area contributed by atoms with Crippen molar-refractivity contribution in [1.82, 2.24) is 4.98 Å². The Morgan fingerprint density at radius 3 is 2.42 bits per heavy atom. The van der Waals surface area contributed by atoms with Crippen LogP contribution >= 0.6 is 0 Å². The zero-order valence-electron chi connectivity index (χ0n) is 18.5. The van der Waals surface area contributed by atoms with Gasteiger partial charge in [-0.15, -0.1) is 13.2 Å². The van der Waals surface area contributed by atoms with Crippen LogP contribution in [0.1, 0.15) is 44.1 Å². The van der Waals surface area contributed by atoms with Crippen molar-refractivity contribution in [3.8, 4) is 11.5 Å². The maximum absolute atomic E-state index is 12.2. The van der Waals surface area contributed by atoms with Gasteiger partial charge in [-0.1, -0.05) is 49.6 Å². The second-order valence-electron chi connectivity index (χ2n) is 8.73. The molecule has 0 atom stereocenters. The highest BCUT2D eigenvalue weighted by Crippen LogP contribution is 2.37. The first-order valence-electron chi connectivity index (χ1n) is 11.6. The highest BCUT2D eigenvalue weighted by Gasteiger charge is 2.31. The fraction of sp³-hybridized carbons (Fsp3) is 0.423. The van der Waals surface area contributed by atoms with Crippen molar-refractivity contribution in [2.24, 2.45) is 5.92 Å². The molecule has 0 unspecified atom stereocenters. The first-order chi connectivity index (χ1) is 15.9. The molecule has 1 N–H and O–H groups in total. The molecule has 2 heterocycles. The molecule has 0 aliphatic carbocycles. The van der Waals surface area contributed by atoms with Crippen molar-refractivity contribution in [2.45, 2.75) is 51.3 Å². The summed E-state index contributed by atoms with van der Waals surface area (Å²) < 4.78 is 40.6. The zero-order chi connectivity index (χ0) is 23.3. The number of hydrogen-bond donors (Lipinski definition) is 1. The van der Waals surface area contributed by atoms with E-state index in [0.29, 0.717) is 5.92 Å². The third-order valence-corrected chi connectivity index (χ3v) is 6.39. The molecule has 1 saturated heterocycles. The molecule has 0 radical (unpaired) electrons. The van der Waals surface area contributed by atoms with Crippen molar-refractivity contribution < 1.29 is 23.0 Å². The summed E-state index contributed by atoms with van der Waals surface area (Å²) in [7, 11) is 0. The average molecular weight is 459 g/mol. The lowest BCUT2D eigenvalue weighted by molar-refractivity contribution is -0.274. The Hall–Kier alpha value is -2.96. The number of fused-ring (bicyclic) bond motifs is 1. The van der Waals surface area contributed by atoms with E-state index in [2.05, 4.69) is 14.6 Å². The number of unbranched alkanes of at least 4 members (excludes halogenated alkanes) is 2. The average Bonchev–Trinajstić information content (AvgIpc) is 2.79. The predicted octanol–water partition coefficient (Wildman–Crippen LogP) is 6.86. The topological polar surface area (TPSA) is 45.6 Å². The SMILES string of the molecule is Oc1cnc2ccccc2c1N1CCC(CCCCCc2ccc(OC(F)(F)F)cc2)CC1. The quantitative estimate of drug-likeness (QED) is 0.375. The molecule has 1 aliphatic heterocycles. The van der Waals surface area contributed by atoms with Crippen LogP contribution in [0, 0.1) is 5.92 Å². The molecule has 4 rings (SSSR count). The van der Waals surface area contributed by atoms with E-state index in [-0.39, 0.29) is 11.5 Å². The van der Waals surface area contributed by atoms with Gasteiger partial charge >= 0.3 is 6.36 Å². The van der Waals surface area contributed by atoms with Gasteiger partial charge in [-0.25, -0.2) is 0 Å². The number of aromatic nitrogens is 1. The predicted molar refractivity (Wildman–Crippen MR) is 124 cm³/mol. The van der Waals surface area contributed by atoms with Crippen LogP contribution in [0.5, 0.6) is 11.5 Å². The van der Waals surface area contributed by atoms with E-state index in [1.54, 1.807) is 18.3 Å². The van der Waals surface area contributed by atoms with Crippen LogP contribution in [-0.4, -0.2) is 29.5 Å². The molecule has 1 fully saturated rings. The number of benzene rings is 2. The Kier molecular flexibility index (Phi) is 7.26. The third kappa shape index (κ3) is 6.30. The van der Waals surface area contributed by atoms with Crippen LogP contribution in [-0.2, 0) is 6.42 Å². The van der Waals surface area contributed by atoms with Gasteiger partial charge in [0.2, 0.25) is 0 Å². The molecule has 1 aliphatic rings. The number of anilines is 1. The Morgan fingerprint density at radius 2 is 1.70 bits per heavy atom. The number of aryl methyl sites for hydroxylation is 1. The van der Waals surface area contributed by atoms with Crippen LogP contribution < -0.4 is 9.64 Å². The number of rotatable bonds is 8. The summed E-state index contributed by atoms with van der Waals surface area (Å²) in [5, 5.41) is 11.4. The van der Waals surface area contributed by atoms with Crippen molar-refractivity contribution in [3.63, 3.8) is 0 Å². The minimum absolute atomic E-state index is 0.175. The molecule has 0 spiro atoms. The highest BCUT2D eigenvalue weighted by molar-refractivity contribution is 5.94. The minimum atomic E-state index is -4.65. The molecule has 1 aromatic heterocycles. The summed E-state index contributed by atoms with van der Waals surface area (Å²) >= 11 is 0. The normalized spacial score (nSPS) is 15.2. The molecular weight excluding hydrogens is 429 g/mol. The number of ether oxygens (including phenoxy) is 1. The summed E-state index contributed by atoms with van der Waals surface area (Å²) in [4.78, 5) is 6.60. The zero-order valence-corrected chi connectivity index (χ0v) is 18.5. The molecule has 176 valence electrons. The maximum Gasteiger partial charge on any atom is 0.573 e. The molecular formula is C26H29F3N2O2. The molecule has 7 heteroatoms. The molecule has 2 aromatic carbocycles. The van der Waals surface area contributed by atoms with Crippen molar-refractivity contribution in [2.75, 3.05) is 18.0 Å². The standard InChI is InChI=1S/C26H29F3N2O2/c27-26(28,29)33-21-12-10-19(11-13-21)6-2-1-3-7-20-14-16-31(17-15-20)25-22-8-4-5-9-23(22)30-18-24(25)32/h4-5,8-13,18,20,32H,1-3,6-7,14-17H2. The van der Waals surface area contributed by atoms with Gasteiger partial charge in [0.1, 0.15) is 5.75 Å². The van der Waals surface area contributed by atoms with Crippen molar-refractivity contribution in [3.05, 3.63) is 60.3 Å². The number of pyridine rings is 1. The Balaban J connectivity index is 1.18. The van der Waals surface area contributed by atoms with Crippen LogP contribution in [0.25, 0.3) is 10.9 Å². The van der Waals surface area contributed by atoms with Gasteiger partial charge in [-0.05, 0) is 55.4 Å². The van der Waals surface area contributed by atoms with E-state index >= 15 is 0 Å². The smallest absolute Gasteiger partial charge is 0.504 e. The first kappa shape index (κ1) is 23.2. The second-order valence-corrected chi connectivity index (χ2v) is 8.73. The van der Waals surface area contributed by atoms with Crippen molar-refractivity contribution in [1.29, 1.82) is 0 Å². The Labute approximate surface area is 192 Å².